The Hall–Kier alpha value is -2.14. The predicted octanol–water partition coefficient (Wildman–Crippen LogP) is 3.59. The Bertz CT molecular complexity index is 675. The normalized spacial score (nSPS) is 15.0. The number of nitrogens with one attached hydrogen (secondary N) is 1. The average Bonchev–Trinajstić information content (AvgIpc) is 2.89. The molecule has 1 aromatic carbocycles. The Morgan fingerprint density at radius 1 is 1.24 bits per heavy atom. The molecule has 5 nitrogen and oxygen atoms in total. The molecule has 0 fully saturated rings. The van der Waals surface area contributed by atoms with Crippen LogP contribution in [0.1, 0.15) is 54.8 Å². The summed E-state index contributed by atoms with van der Waals surface area (Å²) in [4.78, 5) is 15.1. The van der Waals surface area contributed by atoms with Gasteiger partial charge in [0.2, 0.25) is 5.91 Å². The van der Waals surface area contributed by atoms with Crippen molar-refractivity contribution >= 4 is 5.91 Å². The molecule has 25 heavy (non-hydrogen) atoms. The monoisotopic (exact) mass is 343 g/mol. The fraction of sp³-hybridized carbons (Fsp3) is 0.500. The summed E-state index contributed by atoms with van der Waals surface area (Å²) in [6.07, 6.45) is 0.708. The lowest BCUT2D eigenvalue weighted by Crippen LogP contribution is -2.44. The van der Waals surface area contributed by atoms with E-state index in [0.717, 1.165) is 17.0 Å². The molecule has 0 bridgehead atoms. The van der Waals surface area contributed by atoms with Crippen molar-refractivity contribution < 1.29 is 9.32 Å². The third kappa shape index (κ3) is 4.28. The van der Waals surface area contributed by atoms with Gasteiger partial charge in [-0.15, -0.1) is 0 Å². The van der Waals surface area contributed by atoms with Crippen LogP contribution in [-0.4, -0.2) is 36.1 Å². The Morgan fingerprint density at radius 3 is 2.36 bits per heavy atom. The number of aryl methyl sites for hydroxylation is 2. The molecule has 2 aromatic rings. The van der Waals surface area contributed by atoms with Gasteiger partial charge in [0.05, 0.1) is 17.7 Å². The minimum absolute atomic E-state index is 0.0205. The standard InChI is InChI=1S/C20H29N3O2/c1-7-17(18-13(2)22-25-15(18)4)20(24)21-14(3)19(23(5)6)16-11-9-8-10-12-16/h8-12,14,17,19H,7H2,1-6H3,(H,21,24)/t14-,17-,19+/m0/s1. The van der Waals surface area contributed by atoms with Crippen molar-refractivity contribution in [3.05, 3.63) is 52.9 Å². The first-order valence-electron chi connectivity index (χ1n) is 8.81. The van der Waals surface area contributed by atoms with Crippen molar-refractivity contribution in [1.82, 2.24) is 15.4 Å². The summed E-state index contributed by atoms with van der Waals surface area (Å²) in [5.74, 6) is 0.499. The number of hydrogen-bond acceptors (Lipinski definition) is 4. The van der Waals surface area contributed by atoms with Gasteiger partial charge in [-0.1, -0.05) is 42.4 Å². The molecular formula is C20H29N3O2. The summed E-state index contributed by atoms with van der Waals surface area (Å²) in [7, 11) is 4.07. The molecule has 0 saturated heterocycles. The highest BCUT2D eigenvalue weighted by Crippen LogP contribution is 2.28. The summed E-state index contributed by atoms with van der Waals surface area (Å²) in [6.45, 7) is 7.82. The van der Waals surface area contributed by atoms with Crippen LogP contribution in [0.5, 0.6) is 0 Å². The number of rotatable bonds is 7. The van der Waals surface area contributed by atoms with Crippen LogP contribution >= 0.6 is 0 Å². The average molecular weight is 343 g/mol. The molecule has 136 valence electrons. The van der Waals surface area contributed by atoms with Crippen LogP contribution in [0.25, 0.3) is 0 Å². The topological polar surface area (TPSA) is 58.4 Å². The highest BCUT2D eigenvalue weighted by atomic mass is 16.5. The second-order valence-electron chi connectivity index (χ2n) is 6.82. The van der Waals surface area contributed by atoms with Crippen LogP contribution in [0.3, 0.4) is 0 Å². The van der Waals surface area contributed by atoms with Gasteiger partial charge in [0.1, 0.15) is 5.76 Å². The Morgan fingerprint density at radius 2 is 1.88 bits per heavy atom. The molecule has 2 rings (SSSR count). The first-order chi connectivity index (χ1) is 11.9. The molecule has 1 aromatic heterocycles. The number of hydrogen-bond donors (Lipinski definition) is 1. The van der Waals surface area contributed by atoms with E-state index < -0.39 is 0 Å². The summed E-state index contributed by atoms with van der Waals surface area (Å²) in [5.41, 5.74) is 2.89. The number of benzene rings is 1. The highest BCUT2D eigenvalue weighted by molar-refractivity contribution is 5.84. The molecule has 0 aliphatic rings. The molecule has 1 amide bonds. The number of aromatic nitrogens is 1. The maximum absolute atomic E-state index is 12.9. The van der Waals surface area contributed by atoms with Crippen LogP contribution in [0, 0.1) is 13.8 Å². The summed E-state index contributed by atoms with van der Waals surface area (Å²) >= 11 is 0. The fourth-order valence-electron chi connectivity index (χ4n) is 3.60. The molecule has 0 spiro atoms. The van der Waals surface area contributed by atoms with Crippen LogP contribution in [-0.2, 0) is 4.79 Å². The molecule has 0 saturated carbocycles. The van der Waals surface area contributed by atoms with E-state index >= 15 is 0 Å². The maximum atomic E-state index is 12.9. The maximum Gasteiger partial charge on any atom is 0.228 e. The van der Waals surface area contributed by atoms with Crippen LogP contribution in [0.15, 0.2) is 34.9 Å². The van der Waals surface area contributed by atoms with E-state index in [1.807, 2.05) is 53.1 Å². The van der Waals surface area contributed by atoms with Crippen molar-refractivity contribution in [2.45, 2.75) is 52.1 Å². The van der Waals surface area contributed by atoms with E-state index in [9.17, 15) is 4.79 Å². The molecular weight excluding hydrogens is 314 g/mol. The van der Waals surface area contributed by atoms with Gasteiger partial charge >= 0.3 is 0 Å². The second kappa shape index (κ2) is 8.30. The lowest BCUT2D eigenvalue weighted by molar-refractivity contribution is -0.123. The van der Waals surface area contributed by atoms with E-state index in [2.05, 4.69) is 34.4 Å². The molecule has 0 unspecified atom stereocenters. The zero-order valence-corrected chi connectivity index (χ0v) is 16.0. The first-order valence-corrected chi connectivity index (χ1v) is 8.81. The number of nitrogens with zero attached hydrogens (tertiary/aromatic N) is 2. The summed E-state index contributed by atoms with van der Waals surface area (Å²) in [5, 5.41) is 7.20. The van der Waals surface area contributed by atoms with Crippen LogP contribution in [0.2, 0.25) is 0 Å². The Labute approximate surface area is 150 Å². The van der Waals surface area contributed by atoms with Gasteiger partial charge in [-0.25, -0.2) is 0 Å². The lowest BCUT2D eigenvalue weighted by Gasteiger charge is -2.32. The third-order valence-corrected chi connectivity index (χ3v) is 4.70. The van der Waals surface area contributed by atoms with Crippen LogP contribution in [0.4, 0.5) is 0 Å². The van der Waals surface area contributed by atoms with Crippen molar-refractivity contribution in [2.75, 3.05) is 14.1 Å². The first kappa shape index (κ1) is 19.2. The zero-order chi connectivity index (χ0) is 18.6. The Balaban J connectivity index is 2.19. The molecule has 0 aliphatic heterocycles. The van der Waals surface area contributed by atoms with Crippen molar-refractivity contribution in [3.8, 4) is 0 Å². The van der Waals surface area contributed by atoms with E-state index in [1.165, 1.54) is 5.56 Å². The highest BCUT2D eigenvalue weighted by Gasteiger charge is 2.29. The van der Waals surface area contributed by atoms with Gasteiger partial charge in [0.25, 0.3) is 0 Å². The lowest BCUT2D eigenvalue weighted by atomic mass is 9.92. The van der Waals surface area contributed by atoms with Gasteiger partial charge < -0.3 is 14.7 Å². The largest absolute Gasteiger partial charge is 0.361 e. The molecule has 5 heteroatoms. The molecule has 1 N–H and O–H groups in total. The molecule has 3 atom stereocenters. The number of carbonyl (C=O) groups excluding carboxylic acids is 1. The quantitative estimate of drug-likeness (QED) is 0.834. The summed E-state index contributed by atoms with van der Waals surface area (Å²) < 4.78 is 5.25. The van der Waals surface area contributed by atoms with Crippen LogP contribution < -0.4 is 5.32 Å². The minimum Gasteiger partial charge on any atom is -0.361 e. The summed E-state index contributed by atoms with van der Waals surface area (Å²) in [6, 6.07) is 10.3. The smallest absolute Gasteiger partial charge is 0.228 e. The number of amides is 1. The SMILES string of the molecule is CC[C@H](C(=O)N[C@@H](C)[C@H](c1ccccc1)N(C)C)c1c(C)noc1C. The third-order valence-electron chi connectivity index (χ3n) is 4.70. The minimum atomic E-state index is -0.243. The van der Waals surface area contributed by atoms with Gasteiger partial charge in [-0.2, -0.15) is 0 Å². The van der Waals surface area contributed by atoms with E-state index in [4.69, 9.17) is 4.52 Å². The molecule has 0 radical (unpaired) electrons. The van der Waals surface area contributed by atoms with E-state index in [0.29, 0.717) is 6.42 Å². The Kier molecular flexibility index (Phi) is 6.37. The van der Waals surface area contributed by atoms with Gasteiger partial charge in [0, 0.05) is 11.6 Å². The number of carbonyl (C=O) groups is 1. The van der Waals surface area contributed by atoms with Crippen molar-refractivity contribution in [3.63, 3.8) is 0 Å². The second-order valence-corrected chi connectivity index (χ2v) is 6.82. The van der Waals surface area contributed by atoms with Gasteiger partial charge in [-0.05, 0) is 46.9 Å². The van der Waals surface area contributed by atoms with E-state index in [-0.39, 0.29) is 23.9 Å². The fourth-order valence-corrected chi connectivity index (χ4v) is 3.60. The van der Waals surface area contributed by atoms with Gasteiger partial charge in [-0.3, -0.25) is 4.79 Å². The molecule has 0 aliphatic carbocycles. The predicted molar refractivity (Wildman–Crippen MR) is 99.5 cm³/mol. The van der Waals surface area contributed by atoms with E-state index in [1.54, 1.807) is 0 Å². The number of likely N-dealkylation sites (N-methyl/N-ethyl adjacent to an activating group) is 1. The molecule has 1 heterocycles. The van der Waals surface area contributed by atoms with Gasteiger partial charge in [0.15, 0.2) is 0 Å². The zero-order valence-electron chi connectivity index (χ0n) is 16.0. The van der Waals surface area contributed by atoms with Crippen molar-refractivity contribution in [2.24, 2.45) is 0 Å². The van der Waals surface area contributed by atoms with Crippen molar-refractivity contribution in [1.29, 1.82) is 0 Å².